The van der Waals surface area contributed by atoms with Gasteiger partial charge in [0.1, 0.15) is 22.2 Å². The third-order valence-corrected chi connectivity index (χ3v) is 7.26. The zero-order valence-corrected chi connectivity index (χ0v) is 20.7. The molecule has 4 rings (SSSR count). The molecule has 3 aromatic rings. The van der Waals surface area contributed by atoms with Crippen molar-refractivity contribution in [3.63, 3.8) is 0 Å². The van der Waals surface area contributed by atoms with Gasteiger partial charge in [-0.1, -0.05) is 41.9 Å². The molecule has 1 fully saturated rings. The Labute approximate surface area is 208 Å². The molecule has 6 nitrogen and oxygen atoms in total. The molecule has 1 aliphatic heterocycles. The van der Waals surface area contributed by atoms with Crippen LogP contribution in [0.25, 0.3) is 0 Å². The molecule has 0 aliphatic carbocycles. The number of nitrogens with one attached hydrogen (secondary N) is 1. The highest BCUT2D eigenvalue weighted by atomic mass is 35.5. The van der Waals surface area contributed by atoms with Crippen molar-refractivity contribution in [3.8, 4) is 5.75 Å². The number of ether oxygens (including phenoxy) is 1. The smallest absolute Gasteiger partial charge is 0.263 e. The minimum atomic E-state index is -0.110. The number of carbonyl (C=O) groups excluding carboxylic acids is 2. The lowest BCUT2D eigenvalue weighted by molar-refractivity contribution is -0.132. The maximum Gasteiger partial charge on any atom is 0.263 e. The van der Waals surface area contributed by atoms with Crippen LogP contribution in [0, 0.1) is 6.92 Å². The van der Waals surface area contributed by atoms with Crippen LogP contribution in [0.2, 0.25) is 5.02 Å². The Bertz CT molecular complexity index is 1110. The quantitative estimate of drug-likeness (QED) is 0.473. The topological polar surface area (TPSA) is 71.5 Å². The molecule has 0 saturated carbocycles. The minimum Gasteiger partial charge on any atom is -0.486 e. The molecule has 1 aromatic heterocycles. The fourth-order valence-corrected chi connectivity index (χ4v) is 4.99. The number of benzene rings is 2. The number of aromatic nitrogens is 1. The molecule has 34 heavy (non-hydrogen) atoms. The number of hydrogen-bond donors (Lipinski definition) is 1. The normalized spacial score (nSPS) is 14.1. The molecule has 8 heteroatoms. The third kappa shape index (κ3) is 6.58. The molecule has 0 atom stereocenters. The molecule has 1 N–H and O–H groups in total. The van der Waals surface area contributed by atoms with Crippen molar-refractivity contribution in [3.05, 3.63) is 80.8 Å². The summed E-state index contributed by atoms with van der Waals surface area (Å²) in [5, 5.41) is 4.52. The Balaban J connectivity index is 1.23. The molecule has 0 radical (unpaired) electrons. The fourth-order valence-electron chi connectivity index (χ4n) is 3.98. The van der Waals surface area contributed by atoms with Gasteiger partial charge in [0.05, 0.1) is 5.69 Å². The fraction of sp³-hybridized carbons (Fsp3) is 0.346. The van der Waals surface area contributed by atoms with Gasteiger partial charge in [0.2, 0.25) is 5.91 Å². The maximum atomic E-state index is 12.9. The lowest BCUT2D eigenvalue weighted by Crippen LogP contribution is -2.46. The molecule has 2 aromatic carbocycles. The van der Waals surface area contributed by atoms with Crippen molar-refractivity contribution < 1.29 is 14.3 Å². The summed E-state index contributed by atoms with van der Waals surface area (Å²) in [6, 6.07) is 17.3. The summed E-state index contributed by atoms with van der Waals surface area (Å²) in [6.07, 6.45) is 2.79. The van der Waals surface area contributed by atoms with E-state index in [9.17, 15) is 9.59 Å². The number of rotatable bonds is 8. The summed E-state index contributed by atoms with van der Waals surface area (Å²) in [5.74, 6) is 0.771. The first-order valence-electron chi connectivity index (χ1n) is 11.4. The highest BCUT2D eigenvalue weighted by molar-refractivity contribution is 7.13. The Hall–Kier alpha value is -2.90. The van der Waals surface area contributed by atoms with E-state index in [1.807, 2.05) is 42.2 Å². The van der Waals surface area contributed by atoms with E-state index in [-0.39, 0.29) is 17.9 Å². The Morgan fingerprint density at radius 2 is 1.82 bits per heavy atom. The third-order valence-electron chi connectivity index (χ3n) is 5.88. The summed E-state index contributed by atoms with van der Waals surface area (Å²) < 4.78 is 5.75. The van der Waals surface area contributed by atoms with E-state index in [2.05, 4.69) is 10.3 Å². The summed E-state index contributed by atoms with van der Waals surface area (Å²) in [5.41, 5.74) is 1.88. The van der Waals surface area contributed by atoms with Crippen LogP contribution in [0.5, 0.6) is 5.75 Å². The van der Waals surface area contributed by atoms with Crippen molar-refractivity contribution >= 4 is 34.8 Å². The van der Waals surface area contributed by atoms with Gasteiger partial charge < -0.3 is 15.0 Å². The van der Waals surface area contributed by atoms with E-state index < -0.39 is 0 Å². The van der Waals surface area contributed by atoms with Gasteiger partial charge in [-0.05, 0) is 56.0 Å². The average molecular weight is 498 g/mol. The molecular formula is C26H28ClN3O3S. The number of nitrogens with zero attached hydrogens (tertiary/aromatic N) is 2. The first-order valence-corrected chi connectivity index (χ1v) is 12.6. The summed E-state index contributed by atoms with van der Waals surface area (Å²) >= 11 is 7.25. The number of likely N-dealkylation sites (tertiary alicyclic amines) is 1. The van der Waals surface area contributed by atoms with Crippen LogP contribution in [0.4, 0.5) is 0 Å². The number of hydrogen-bond acceptors (Lipinski definition) is 5. The SMILES string of the molecule is Cc1nc(COc2ccc(Cl)cc2)sc1C(=O)NC1CCN(C(=O)CCc2ccccc2)CC1. The zero-order valence-electron chi connectivity index (χ0n) is 19.1. The average Bonchev–Trinajstić information content (AvgIpc) is 3.24. The number of carbonyl (C=O) groups is 2. The number of amides is 2. The van der Waals surface area contributed by atoms with E-state index in [1.54, 1.807) is 24.3 Å². The minimum absolute atomic E-state index is 0.0564. The molecule has 0 unspecified atom stereocenters. The highest BCUT2D eigenvalue weighted by Gasteiger charge is 2.25. The molecule has 1 aliphatic rings. The van der Waals surface area contributed by atoms with E-state index >= 15 is 0 Å². The van der Waals surface area contributed by atoms with Gasteiger partial charge in [-0.2, -0.15) is 0 Å². The van der Waals surface area contributed by atoms with Crippen LogP contribution in [-0.4, -0.2) is 40.8 Å². The predicted octanol–water partition coefficient (Wildman–Crippen LogP) is 5.04. The Morgan fingerprint density at radius 1 is 1.12 bits per heavy atom. The summed E-state index contributed by atoms with van der Waals surface area (Å²) in [6.45, 7) is 3.47. The molecule has 0 spiro atoms. The molecule has 0 bridgehead atoms. The highest BCUT2D eigenvalue weighted by Crippen LogP contribution is 2.22. The van der Waals surface area contributed by atoms with Crippen molar-refractivity contribution in [2.45, 2.75) is 45.3 Å². The van der Waals surface area contributed by atoms with Crippen LogP contribution < -0.4 is 10.1 Å². The number of piperidine rings is 1. The van der Waals surface area contributed by atoms with E-state index in [0.717, 1.165) is 24.3 Å². The Morgan fingerprint density at radius 3 is 2.53 bits per heavy atom. The van der Waals surface area contributed by atoms with Crippen molar-refractivity contribution in [1.29, 1.82) is 0 Å². The van der Waals surface area contributed by atoms with Crippen molar-refractivity contribution in [1.82, 2.24) is 15.2 Å². The molecule has 2 amide bonds. The second-order valence-corrected chi connectivity index (χ2v) is 9.90. The second kappa shape index (κ2) is 11.5. The summed E-state index contributed by atoms with van der Waals surface area (Å²) in [7, 11) is 0. The number of halogens is 1. The van der Waals surface area contributed by atoms with E-state index in [1.165, 1.54) is 16.9 Å². The van der Waals surface area contributed by atoms with Gasteiger partial charge in [0.15, 0.2) is 0 Å². The van der Waals surface area contributed by atoms with Gasteiger partial charge in [-0.3, -0.25) is 9.59 Å². The van der Waals surface area contributed by atoms with Crippen molar-refractivity contribution in [2.75, 3.05) is 13.1 Å². The van der Waals surface area contributed by atoms with Crippen LogP contribution >= 0.6 is 22.9 Å². The first-order chi connectivity index (χ1) is 16.5. The van der Waals surface area contributed by atoms with Crippen LogP contribution in [0.1, 0.15) is 45.2 Å². The zero-order chi connectivity index (χ0) is 23.9. The van der Waals surface area contributed by atoms with Gasteiger partial charge in [0, 0.05) is 30.6 Å². The van der Waals surface area contributed by atoms with Gasteiger partial charge >= 0.3 is 0 Å². The standard InChI is InChI=1S/C26H28ClN3O3S/c1-18-25(34-23(28-18)17-33-22-10-8-20(27)9-11-22)26(32)29-21-13-15-30(16-14-21)24(31)12-7-19-5-3-2-4-6-19/h2-6,8-11,21H,7,12-17H2,1H3,(H,29,32). The van der Waals surface area contributed by atoms with Crippen LogP contribution in [-0.2, 0) is 17.8 Å². The monoisotopic (exact) mass is 497 g/mol. The van der Waals surface area contributed by atoms with Gasteiger partial charge in [-0.25, -0.2) is 4.98 Å². The van der Waals surface area contributed by atoms with E-state index in [4.69, 9.17) is 16.3 Å². The number of thiazole rings is 1. The molecule has 2 heterocycles. The molecular weight excluding hydrogens is 470 g/mol. The Kier molecular flexibility index (Phi) is 8.19. The van der Waals surface area contributed by atoms with Crippen LogP contribution in [0.15, 0.2) is 54.6 Å². The molecule has 178 valence electrons. The second-order valence-electron chi connectivity index (χ2n) is 8.38. The largest absolute Gasteiger partial charge is 0.486 e. The summed E-state index contributed by atoms with van der Waals surface area (Å²) in [4.78, 5) is 32.4. The molecule has 1 saturated heterocycles. The number of aryl methyl sites for hydroxylation is 2. The van der Waals surface area contributed by atoms with Gasteiger partial charge in [0.25, 0.3) is 5.91 Å². The van der Waals surface area contributed by atoms with Gasteiger partial charge in [-0.15, -0.1) is 11.3 Å². The first kappa shape index (κ1) is 24.2. The predicted molar refractivity (Wildman–Crippen MR) is 134 cm³/mol. The lowest BCUT2D eigenvalue weighted by Gasteiger charge is -2.32. The van der Waals surface area contributed by atoms with Crippen LogP contribution in [0.3, 0.4) is 0 Å². The lowest BCUT2D eigenvalue weighted by atomic mass is 10.0. The van der Waals surface area contributed by atoms with E-state index in [0.29, 0.717) is 47.5 Å². The maximum absolute atomic E-state index is 12.9. The van der Waals surface area contributed by atoms with Crippen molar-refractivity contribution in [2.24, 2.45) is 0 Å².